The van der Waals surface area contributed by atoms with Crippen LogP contribution in [0.3, 0.4) is 0 Å². The lowest BCUT2D eigenvalue weighted by atomic mass is 9.82. The van der Waals surface area contributed by atoms with Gasteiger partial charge >= 0.3 is 5.97 Å². The molecule has 0 aromatic heterocycles. The molecule has 0 aliphatic heterocycles. The molecule has 0 aromatic carbocycles. The number of carbonyl (C=O) groups is 2. The number of carbonyl (C=O) groups excluding carboxylic acids is 2. The van der Waals surface area contributed by atoms with Crippen molar-refractivity contribution < 1.29 is 14.3 Å². The fraction of sp³-hybridized carbons (Fsp3) is 0.867. The van der Waals surface area contributed by atoms with Gasteiger partial charge in [-0.3, -0.25) is 9.59 Å². The third-order valence-electron chi connectivity index (χ3n) is 3.83. The van der Waals surface area contributed by atoms with E-state index in [0.717, 1.165) is 25.7 Å². The predicted octanol–water partition coefficient (Wildman–Crippen LogP) is 3.51. The van der Waals surface area contributed by atoms with Gasteiger partial charge in [-0.15, -0.1) is 0 Å². The molecule has 1 aliphatic rings. The van der Waals surface area contributed by atoms with Crippen LogP contribution < -0.4 is 0 Å². The highest BCUT2D eigenvalue weighted by Gasteiger charge is 2.31. The van der Waals surface area contributed by atoms with Crippen LogP contribution in [0.5, 0.6) is 0 Å². The molecule has 104 valence electrons. The molecule has 0 spiro atoms. The third kappa shape index (κ3) is 4.43. The van der Waals surface area contributed by atoms with Crippen LogP contribution in [0.25, 0.3) is 0 Å². The maximum absolute atomic E-state index is 12.4. The molecule has 0 heterocycles. The maximum atomic E-state index is 12.4. The lowest BCUT2D eigenvalue weighted by Gasteiger charge is -2.22. The number of ether oxygens (including phenoxy) is 1. The summed E-state index contributed by atoms with van der Waals surface area (Å²) in [6.45, 7) is 4.03. The summed E-state index contributed by atoms with van der Waals surface area (Å²) in [7, 11) is 0. The van der Waals surface area contributed by atoms with Crippen molar-refractivity contribution >= 4 is 11.8 Å². The molecule has 0 bridgehead atoms. The Labute approximate surface area is 110 Å². The number of esters is 1. The Bertz CT molecular complexity index is 265. The highest BCUT2D eigenvalue weighted by atomic mass is 16.5. The largest absolute Gasteiger partial charge is 0.465 e. The second-order valence-corrected chi connectivity index (χ2v) is 5.16. The van der Waals surface area contributed by atoms with Gasteiger partial charge < -0.3 is 4.74 Å². The van der Waals surface area contributed by atoms with Gasteiger partial charge in [0, 0.05) is 5.92 Å². The monoisotopic (exact) mass is 254 g/mol. The van der Waals surface area contributed by atoms with Crippen molar-refractivity contribution in [1.29, 1.82) is 0 Å². The van der Waals surface area contributed by atoms with Gasteiger partial charge in [-0.2, -0.15) is 0 Å². The zero-order valence-corrected chi connectivity index (χ0v) is 11.7. The Morgan fingerprint density at radius 3 is 2.11 bits per heavy atom. The van der Waals surface area contributed by atoms with Crippen molar-refractivity contribution in [2.45, 2.75) is 65.2 Å². The highest BCUT2D eigenvalue weighted by Crippen LogP contribution is 2.26. The first-order valence-electron chi connectivity index (χ1n) is 7.41. The maximum Gasteiger partial charge on any atom is 0.316 e. The average molecular weight is 254 g/mol. The number of ketones is 1. The Morgan fingerprint density at radius 2 is 1.61 bits per heavy atom. The van der Waals surface area contributed by atoms with Crippen molar-refractivity contribution in [2.24, 2.45) is 11.8 Å². The van der Waals surface area contributed by atoms with Crippen LogP contribution >= 0.6 is 0 Å². The Morgan fingerprint density at radius 1 is 1.06 bits per heavy atom. The topological polar surface area (TPSA) is 43.4 Å². The Balaban J connectivity index is 2.60. The van der Waals surface area contributed by atoms with Crippen LogP contribution in [0.15, 0.2) is 0 Å². The molecular weight excluding hydrogens is 228 g/mol. The minimum Gasteiger partial charge on any atom is -0.465 e. The molecule has 0 aromatic rings. The molecule has 3 nitrogen and oxygen atoms in total. The number of hydrogen-bond acceptors (Lipinski definition) is 3. The van der Waals surface area contributed by atoms with E-state index in [1.54, 1.807) is 6.92 Å². The second kappa shape index (κ2) is 8.28. The zero-order chi connectivity index (χ0) is 13.4. The Kier molecular flexibility index (Phi) is 6.99. The number of rotatable bonds is 5. The lowest BCUT2D eigenvalue weighted by molar-refractivity contribution is -0.152. The molecule has 1 fully saturated rings. The van der Waals surface area contributed by atoms with E-state index in [4.69, 9.17) is 4.74 Å². The van der Waals surface area contributed by atoms with Gasteiger partial charge in [-0.1, -0.05) is 39.0 Å². The third-order valence-corrected chi connectivity index (χ3v) is 3.83. The molecule has 1 saturated carbocycles. The van der Waals surface area contributed by atoms with Gasteiger partial charge in [0.15, 0.2) is 0 Å². The number of Topliss-reactive ketones (excluding diaryl/α,β-unsaturated/α-hetero) is 1. The van der Waals surface area contributed by atoms with Gasteiger partial charge in [-0.25, -0.2) is 0 Å². The average Bonchev–Trinajstić information content (AvgIpc) is 2.29. The highest BCUT2D eigenvalue weighted by molar-refractivity contribution is 6.00. The van der Waals surface area contributed by atoms with Gasteiger partial charge in [-0.05, 0) is 26.2 Å². The van der Waals surface area contributed by atoms with E-state index < -0.39 is 5.92 Å². The molecule has 1 atom stereocenters. The van der Waals surface area contributed by atoms with Crippen LogP contribution in [-0.2, 0) is 14.3 Å². The van der Waals surface area contributed by atoms with Gasteiger partial charge in [0.25, 0.3) is 0 Å². The summed E-state index contributed by atoms with van der Waals surface area (Å²) in [4.78, 5) is 24.2. The number of hydrogen-bond donors (Lipinski definition) is 0. The summed E-state index contributed by atoms with van der Waals surface area (Å²) in [5.41, 5.74) is 0. The van der Waals surface area contributed by atoms with Crippen molar-refractivity contribution in [3.8, 4) is 0 Å². The summed E-state index contributed by atoms with van der Waals surface area (Å²) in [6, 6.07) is 0. The standard InChI is InChI=1S/C15H26O3/c1-3-13(15(17)18-4-2)14(16)12-10-8-6-5-7-9-11-12/h12-13H,3-11H2,1-2H3. The molecule has 0 N–H and O–H groups in total. The lowest BCUT2D eigenvalue weighted by Crippen LogP contribution is -2.31. The van der Waals surface area contributed by atoms with Crippen LogP contribution in [0.2, 0.25) is 0 Å². The summed E-state index contributed by atoms with van der Waals surface area (Å²) >= 11 is 0. The van der Waals surface area contributed by atoms with E-state index in [1.165, 1.54) is 19.3 Å². The van der Waals surface area contributed by atoms with Crippen LogP contribution in [0, 0.1) is 11.8 Å². The van der Waals surface area contributed by atoms with E-state index in [1.807, 2.05) is 6.92 Å². The van der Waals surface area contributed by atoms with Gasteiger partial charge in [0.1, 0.15) is 11.7 Å². The van der Waals surface area contributed by atoms with Crippen LogP contribution in [0.4, 0.5) is 0 Å². The molecular formula is C15H26O3. The second-order valence-electron chi connectivity index (χ2n) is 5.16. The fourth-order valence-electron chi connectivity index (χ4n) is 2.75. The van der Waals surface area contributed by atoms with E-state index in [0.29, 0.717) is 13.0 Å². The van der Waals surface area contributed by atoms with Crippen molar-refractivity contribution in [1.82, 2.24) is 0 Å². The fourth-order valence-corrected chi connectivity index (χ4v) is 2.75. The van der Waals surface area contributed by atoms with Gasteiger partial charge in [0.05, 0.1) is 6.61 Å². The zero-order valence-electron chi connectivity index (χ0n) is 11.7. The van der Waals surface area contributed by atoms with Gasteiger partial charge in [0.2, 0.25) is 0 Å². The minimum atomic E-state index is -0.533. The van der Waals surface area contributed by atoms with Crippen molar-refractivity contribution in [2.75, 3.05) is 6.61 Å². The smallest absolute Gasteiger partial charge is 0.316 e. The van der Waals surface area contributed by atoms with Crippen molar-refractivity contribution in [3.63, 3.8) is 0 Å². The quantitative estimate of drug-likeness (QED) is 0.557. The summed E-state index contributed by atoms with van der Waals surface area (Å²) < 4.78 is 5.00. The molecule has 0 saturated heterocycles. The van der Waals surface area contributed by atoms with Crippen LogP contribution in [-0.4, -0.2) is 18.4 Å². The Hall–Kier alpha value is -0.860. The molecule has 1 unspecified atom stereocenters. The normalized spacial score (nSPS) is 19.7. The summed E-state index contributed by atoms with van der Waals surface area (Å²) in [5.74, 6) is -0.654. The SMILES string of the molecule is CCOC(=O)C(CC)C(=O)C1CCCCCCC1. The van der Waals surface area contributed by atoms with E-state index in [-0.39, 0.29) is 17.7 Å². The van der Waals surface area contributed by atoms with E-state index in [9.17, 15) is 9.59 Å². The van der Waals surface area contributed by atoms with E-state index in [2.05, 4.69) is 0 Å². The van der Waals surface area contributed by atoms with Crippen molar-refractivity contribution in [3.05, 3.63) is 0 Å². The summed E-state index contributed by atoms with van der Waals surface area (Å²) in [6.07, 6.45) is 8.44. The molecule has 0 amide bonds. The molecule has 18 heavy (non-hydrogen) atoms. The molecule has 0 radical (unpaired) electrons. The first-order valence-corrected chi connectivity index (χ1v) is 7.41. The van der Waals surface area contributed by atoms with Crippen LogP contribution in [0.1, 0.15) is 65.2 Å². The first-order chi connectivity index (χ1) is 8.70. The molecule has 1 aliphatic carbocycles. The minimum absolute atomic E-state index is 0.0830. The predicted molar refractivity (Wildman–Crippen MR) is 71.2 cm³/mol. The van der Waals surface area contributed by atoms with E-state index >= 15 is 0 Å². The summed E-state index contributed by atoms with van der Waals surface area (Å²) in [5, 5.41) is 0. The molecule has 3 heteroatoms. The first kappa shape index (κ1) is 15.2. The molecule has 1 rings (SSSR count).